The quantitative estimate of drug-likeness (QED) is 0.689. The predicted octanol–water partition coefficient (Wildman–Crippen LogP) is 4.75. The molecule has 160 valence electrons. The molecule has 0 spiro atoms. The second kappa shape index (κ2) is 9.90. The Kier molecular flexibility index (Phi) is 7.50. The number of carbonyl (C=O) groups is 2. The van der Waals surface area contributed by atoms with Gasteiger partial charge in [-0.15, -0.1) is 0 Å². The van der Waals surface area contributed by atoms with Crippen LogP contribution in [-0.2, 0) is 4.79 Å². The van der Waals surface area contributed by atoms with Crippen molar-refractivity contribution in [2.45, 2.75) is 19.9 Å². The number of nitrogens with zero attached hydrogens (tertiary/aromatic N) is 2. The normalized spacial score (nSPS) is 15.3. The van der Waals surface area contributed by atoms with Crippen molar-refractivity contribution < 1.29 is 9.59 Å². The van der Waals surface area contributed by atoms with Gasteiger partial charge in [-0.05, 0) is 36.2 Å². The van der Waals surface area contributed by atoms with Crippen molar-refractivity contribution in [1.82, 2.24) is 10.2 Å². The van der Waals surface area contributed by atoms with Gasteiger partial charge < -0.3 is 15.1 Å². The molecule has 1 saturated heterocycles. The Morgan fingerprint density at radius 2 is 1.57 bits per heavy atom. The molecular formula is C22H24Cl3N3O2. The van der Waals surface area contributed by atoms with E-state index in [0.717, 1.165) is 5.69 Å². The van der Waals surface area contributed by atoms with Gasteiger partial charge in [0.1, 0.15) is 6.04 Å². The van der Waals surface area contributed by atoms with Gasteiger partial charge in [-0.2, -0.15) is 0 Å². The third-order valence-corrected chi connectivity index (χ3v) is 6.27. The van der Waals surface area contributed by atoms with Crippen molar-refractivity contribution in [3.63, 3.8) is 0 Å². The molecule has 1 aliphatic rings. The molecule has 0 aliphatic carbocycles. The highest BCUT2D eigenvalue weighted by molar-refractivity contribution is 6.42. The van der Waals surface area contributed by atoms with E-state index in [2.05, 4.69) is 10.2 Å². The van der Waals surface area contributed by atoms with Crippen molar-refractivity contribution in [1.29, 1.82) is 0 Å². The minimum Gasteiger partial charge on any atom is -0.368 e. The van der Waals surface area contributed by atoms with Crippen LogP contribution in [0.5, 0.6) is 0 Å². The average Bonchev–Trinajstić information content (AvgIpc) is 2.73. The monoisotopic (exact) mass is 467 g/mol. The molecule has 2 amide bonds. The van der Waals surface area contributed by atoms with E-state index in [4.69, 9.17) is 34.8 Å². The van der Waals surface area contributed by atoms with Crippen LogP contribution in [0.2, 0.25) is 15.1 Å². The Hall–Kier alpha value is -1.95. The summed E-state index contributed by atoms with van der Waals surface area (Å²) in [4.78, 5) is 29.8. The largest absolute Gasteiger partial charge is 0.368 e. The average molecular weight is 469 g/mol. The van der Waals surface area contributed by atoms with Gasteiger partial charge in [-0.1, -0.05) is 60.8 Å². The Morgan fingerprint density at radius 1 is 0.900 bits per heavy atom. The third kappa shape index (κ3) is 5.20. The summed E-state index contributed by atoms with van der Waals surface area (Å²) in [6, 6.07) is 11.7. The molecule has 1 heterocycles. The topological polar surface area (TPSA) is 52.7 Å². The minimum absolute atomic E-state index is 0.0583. The number of carbonyl (C=O) groups excluding carboxylic acids is 2. The van der Waals surface area contributed by atoms with Gasteiger partial charge >= 0.3 is 0 Å². The first-order valence-electron chi connectivity index (χ1n) is 9.82. The predicted molar refractivity (Wildman–Crippen MR) is 123 cm³/mol. The van der Waals surface area contributed by atoms with Crippen LogP contribution in [0.1, 0.15) is 24.2 Å². The summed E-state index contributed by atoms with van der Waals surface area (Å²) in [7, 11) is 0. The fourth-order valence-corrected chi connectivity index (χ4v) is 3.96. The molecule has 1 N–H and O–H groups in total. The van der Waals surface area contributed by atoms with Crippen molar-refractivity contribution >= 4 is 52.3 Å². The molecule has 1 fully saturated rings. The maximum Gasteiger partial charge on any atom is 0.253 e. The lowest BCUT2D eigenvalue weighted by atomic mass is 10.0. The van der Waals surface area contributed by atoms with Crippen LogP contribution in [0.3, 0.4) is 0 Å². The Morgan fingerprint density at radius 3 is 2.17 bits per heavy atom. The molecule has 3 rings (SSSR count). The van der Waals surface area contributed by atoms with Crippen molar-refractivity contribution in [2.24, 2.45) is 5.92 Å². The zero-order valence-electron chi connectivity index (χ0n) is 16.9. The van der Waals surface area contributed by atoms with E-state index in [-0.39, 0.29) is 17.7 Å². The molecular weight excluding hydrogens is 445 g/mol. The Balaban J connectivity index is 1.64. The van der Waals surface area contributed by atoms with Crippen LogP contribution in [0, 0.1) is 5.92 Å². The number of rotatable bonds is 5. The lowest BCUT2D eigenvalue weighted by Gasteiger charge is -2.38. The highest BCUT2D eigenvalue weighted by atomic mass is 35.5. The number of halogens is 3. The van der Waals surface area contributed by atoms with Crippen molar-refractivity contribution in [3.8, 4) is 0 Å². The lowest BCUT2D eigenvalue weighted by Crippen LogP contribution is -2.56. The van der Waals surface area contributed by atoms with E-state index in [0.29, 0.717) is 46.8 Å². The summed E-state index contributed by atoms with van der Waals surface area (Å²) >= 11 is 18.3. The van der Waals surface area contributed by atoms with Crippen LogP contribution in [0.25, 0.3) is 0 Å². The molecule has 2 aromatic carbocycles. The van der Waals surface area contributed by atoms with E-state index >= 15 is 0 Å². The summed E-state index contributed by atoms with van der Waals surface area (Å²) < 4.78 is 0. The van der Waals surface area contributed by atoms with Gasteiger partial charge in [0, 0.05) is 31.9 Å². The first-order valence-corrected chi connectivity index (χ1v) is 11.0. The number of amides is 2. The first-order chi connectivity index (χ1) is 14.3. The van der Waals surface area contributed by atoms with Crippen LogP contribution in [0.15, 0.2) is 42.5 Å². The number of hydrogen-bond acceptors (Lipinski definition) is 3. The molecule has 1 atom stereocenters. The van der Waals surface area contributed by atoms with Crippen LogP contribution >= 0.6 is 34.8 Å². The fraction of sp³-hybridized carbons (Fsp3) is 0.364. The van der Waals surface area contributed by atoms with Gasteiger partial charge in [-0.25, -0.2) is 0 Å². The van der Waals surface area contributed by atoms with Gasteiger partial charge in [0.2, 0.25) is 5.91 Å². The lowest BCUT2D eigenvalue weighted by molar-refractivity contribution is -0.134. The molecule has 1 unspecified atom stereocenters. The van der Waals surface area contributed by atoms with E-state index in [1.807, 2.05) is 26.0 Å². The molecule has 5 nitrogen and oxygen atoms in total. The van der Waals surface area contributed by atoms with Crippen molar-refractivity contribution in [3.05, 3.63) is 63.1 Å². The minimum atomic E-state index is -0.620. The first kappa shape index (κ1) is 22.7. The standard InChI is InChI=1S/C22H24Cl3N3O2/c1-14(2)20(26-21(29)16-5-3-4-6-17(16)23)22(30)28-11-9-27(10-12-28)15-7-8-18(24)19(25)13-15/h3-8,13-14,20H,9-12H2,1-2H3,(H,26,29). The maximum atomic E-state index is 13.2. The van der Waals surface area contributed by atoms with E-state index < -0.39 is 6.04 Å². The molecule has 1 aliphatic heterocycles. The van der Waals surface area contributed by atoms with Gasteiger partial charge in [0.25, 0.3) is 5.91 Å². The zero-order chi connectivity index (χ0) is 21.8. The smallest absolute Gasteiger partial charge is 0.253 e. The van der Waals surface area contributed by atoms with E-state index in [1.54, 1.807) is 35.2 Å². The molecule has 30 heavy (non-hydrogen) atoms. The Bertz CT molecular complexity index is 928. The molecule has 0 saturated carbocycles. The summed E-state index contributed by atoms with van der Waals surface area (Å²) in [5.41, 5.74) is 1.34. The highest BCUT2D eigenvalue weighted by Gasteiger charge is 2.31. The maximum absolute atomic E-state index is 13.2. The number of piperazine rings is 1. The molecule has 0 radical (unpaired) electrons. The summed E-state index contributed by atoms with van der Waals surface area (Å²) in [5.74, 6) is -0.488. The molecule has 2 aromatic rings. The summed E-state index contributed by atoms with van der Waals surface area (Å²) in [6.07, 6.45) is 0. The molecule has 0 bridgehead atoms. The highest BCUT2D eigenvalue weighted by Crippen LogP contribution is 2.28. The molecule has 0 aromatic heterocycles. The number of anilines is 1. The number of nitrogens with one attached hydrogen (secondary N) is 1. The second-order valence-electron chi connectivity index (χ2n) is 7.59. The van der Waals surface area contributed by atoms with Crippen LogP contribution in [0.4, 0.5) is 5.69 Å². The van der Waals surface area contributed by atoms with Gasteiger partial charge in [0.05, 0.1) is 20.6 Å². The van der Waals surface area contributed by atoms with E-state index in [1.165, 1.54) is 0 Å². The fourth-order valence-electron chi connectivity index (χ4n) is 3.44. The van der Waals surface area contributed by atoms with E-state index in [9.17, 15) is 9.59 Å². The van der Waals surface area contributed by atoms with Crippen LogP contribution < -0.4 is 10.2 Å². The summed E-state index contributed by atoms with van der Waals surface area (Å²) in [6.45, 7) is 6.30. The van der Waals surface area contributed by atoms with Gasteiger partial charge in [0.15, 0.2) is 0 Å². The number of hydrogen-bond donors (Lipinski definition) is 1. The van der Waals surface area contributed by atoms with Gasteiger partial charge in [-0.3, -0.25) is 9.59 Å². The van der Waals surface area contributed by atoms with Crippen molar-refractivity contribution in [2.75, 3.05) is 31.1 Å². The third-order valence-electron chi connectivity index (χ3n) is 5.20. The van der Waals surface area contributed by atoms with Crippen LogP contribution in [-0.4, -0.2) is 48.9 Å². The SMILES string of the molecule is CC(C)C(NC(=O)c1ccccc1Cl)C(=O)N1CCN(c2ccc(Cl)c(Cl)c2)CC1. The summed E-state index contributed by atoms with van der Waals surface area (Å²) in [5, 5.41) is 4.25. The molecule has 8 heteroatoms. The zero-order valence-corrected chi connectivity index (χ0v) is 19.1. The second-order valence-corrected chi connectivity index (χ2v) is 8.81. The number of benzene rings is 2. The Labute approximate surface area is 191 Å².